The van der Waals surface area contributed by atoms with E-state index in [-0.39, 0.29) is 31.1 Å². The summed E-state index contributed by atoms with van der Waals surface area (Å²) in [6, 6.07) is 0.102. The summed E-state index contributed by atoms with van der Waals surface area (Å²) in [5.41, 5.74) is 0. The first-order valence-corrected chi connectivity index (χ1v) is 7.99. The lowest BCUT2D eigenvalue weighted by molar-refractivity contribution is -0.143. The number of carbonyl (C=O) groups excluding carboxylic acids is 2. The second kappa shape index (κ2) is 10.4. The first-order valence-electron chi connectivity index (χ1n) is 7.99. The molecule has 2 N–H and O–H groups in total. The number of aliphatic hydroxyl groups is 1. The van der Waals surface area contributed by atoms with Gasteiger partial charge in [-0.1, -0.05) is 19.3 Å². The highest BCUT2D eigenvalue weighted by Crippen LogP contribution is 2.17. The molecule has 1 rings (SSSR count). The van der Waals surface area contributed by atoms with E-state index in [0.717, 1.165) is 25.7 Å². The van der Waals surface area contributed by atoms with E-state index >= 15 is 0 Å². The fourth-order valence-electron chi connectivity index (χ4n) is 2.55. The lowest BCUT2D eigenvalue weighted by Crippen LogP contribution is -2.46. The Kier molecular flexibility index (Phi) is 8.82. The Bertz CT molecular complexity index is 317. The SMILES string of the molecule is CCOC(=O)CCN(CCCO)C(=O)NC1CCCCC1. The number of carbonyl (C=O) groups is 2. The van der Waals surface area contributed by atoms with Gasteiger partial charge >= 0.3 is 12.0 Å². The molecule has 1 fully saturated rings. The third-order valence-corrected chi connectivity index (χ3v) is 3.70. The van der Waals surface area contributed by atoms with E-state index in [0.29, 0.717) is 26.1 Å². The number of amides is 2. The zero-order valence-electron chi connectivity index (χ0n) is 13.0. The number of nitrogens with one attached hydrogen (secondary N) is 1. The number of ether oxygens (including phenoxy) is 1. The molecule has 1 saturated carbocycles. The van der Waals surface area contributed by atoms with Gasteiger partial charge in [0.1, 0.15) is 0 Å². The van der Waals surface area contributed by atoms with Gasteiger partial charge in [0, 0.05) is 25.7 Å². The molecule has 1 aliphatic carbocycles. The fourth-order valence-corrected chi connectivity index (χ4v) is 2.55. The van der Waals surface area contributed by atoms with Gasteiger partial charge in [0.2, 0.25) is 0 Å². The van der Waals surface area contributed by atoms with Crippen molar-refractivity contribution in [2.24, 2.45) is 0 Å². The van der Waals surface area contributed by atoms with Crippen LogP contribution in [0, 0.1) is 0 Å². The van der Waals surface area contributed by atoms with Gasteiger partial charge in [-0.15, -0.1) is 0 Å². The number of nitrogens with zero attached hydrogens (tertiary/aromatic N) is 1. The second-order valence-electron chi connectivity index (χ2n) is 5.40. The Labute approximate surface area is 126 Å². The van der Waals surface area contributed by atoms with Gasteiger partial charge in [-0.3, -0.25) is 4.79 Å². The molecule has 0 spiro atoms. The molecule has 0 aromatic rings. The fraction of sp³-hybridized carbons (Fsp3) is 0.867. The lowest BCUT2D eigenvalue weighted by Gasteiger charge is -2.28. The molecule has 2 amide bonds. The normalized spacial score (nSPS) is 15.5. The molecular formula is C15H28N2O4. The first-order chi connectivity index (χ1) is 10.2. The Hall–Kier alpha value is -1.30. The van der Waals surface area contributed by atoms with Crippen LogP contribution in [0.5, 0.6) is 0 Å². The Balaban J connectivity index is 2.41. The molecule has 0 aliphatic heterocycles. The van der Waals surface area contributed by atoms with Gasteiger partial charge in [-0.05, 0) is 26.2 Å². The summed E-state index contributed by atoms with van der Waals surface area (Å²) < 4.78 is 4.88. The van der Waals surface area contributed by atoms with Crippen LogP contribution in [0.4, 0.5) is 4.79 Å². The standard InChI is InChI=1S/C15H28N2O4/c1-2-21-14(19)9-11-17(10-6-12-18)15(20)16-13-7-4-3-5-8-13/h13,18H,2-12H2,1H3,(H,16,20). The molecule has 1 aliphatic rings. The second-order valence-corrected chi connectivity index (χ2v) is 5.40. The van der Waals surface area contributed by atoms with Crippen LogP contribution >= 0.6 is 0 Å². The Morgan fingerprint density at radius 2 is 1.95 bits per heavy atom. The molecule has 6 nitrogen and oxygen atoms in total. The summed E-state index contributed by atoms with van der Waals surface area (Å²) in [6.45, 7) is 2.93. The predicted molar refractivity (Wildman–Crippen MR) is 79.9 cm³/mol. The van der Waals surface area contributed by atoms with Gasteiger partial charge in [0.15, 0.2) is 0 Å². The summed E-state index contributed by atoms with van der Waals surface area (Å²) in [7, 11) is 0. The van der Waals surface area contributed by atoms with Crippen LogP contribution < -0.4 is 5.32 Å². The molecule has 0 saturated heterocycles. The molecule has 0 atom stereocenters. The van der Waals surface area contributed by atoms with Crippen LogP contribution in [0.2, 0.25) is 0 Å². The predicted octanol–water partition coefficient (Wildman–Crippen LogP) is 1.67. The molecule has 0 aromatic heterocycles. The molecule has 0 radical (unpaired) electrons. The van der Waals surface area contributed by atoms with Gasteiger partial charge in [-0.25, -0.2) is 4.79 Å². The van der Waals surface area contributed by atoms with E-state index in [1.165, 1.54) is 6.42 Å². The number of hydrogen-bond donors (Lipinski definition) is 2. The van der Waals surface area contributed by atoms with Crippen molar-refractivity contribution in [2.75, 3.05) is 26.3 Å². The van der Waals surface area contributed by atoms with Crippen LogP contribution in [0.1, 0.15) is 51.9 Å². The van der Waals surface area contributed by atoms with Gasteiger partial charge in [0.05, 0.1) is 13.0 Å². The summed E-state index contributed by atoms with van der Waals surface area (Å²) in [4.78, 5) is 25.3. The molecular weight excluding hydrogens is 272 g/mol. The molecule has 0 heterocycles. The number of aliphatic hydroxyl groups excluding tert-OH is 1. The van der Waals surface area contributed by atoms with Gasteiger partial charge in [0.25, 0.3) is 0 Å². The van der Waals surface area contributed by atoms with Crippen molar-refractivity contribution in [2.45, 2.75) is 57.9 Å². The molecule has 6 heteroatoms. The summed E-state index contributed by atoms with van der Waals surface area (Å²) >= 11 is 0. The maximum Gasteiger partial charge on any atom is 0.317 e. The maximum atomic E-state index is 12.3. The van der Waals surface area contributed by atoms with Crippen molar-refractivity contribution in [3.8, 4) is 0 Å². The van der Waals surface area contributed by atoms with Crippen LogP contribution in [-0.2, 0) is 9.53 Å². The quantitative estimate of drug-likeness (QED) is 0.668. The molecule has 0 bridgehead atoms. The minimum Gasteiger partial charge on any atom is -0.466 e. The van der Waals surface area contributed by atoms with Crippen molar-refractivity contribution in [1.82, 2.24) is 10.2 Å². The van der Waals surface area contributed by atoms with Gasteiger partial charge in [-0.2, -0.15) is 0 Å². The van der Waals surface area contributed by atoms with Crippen molar-refractivity contribution < 1.29 is 19.4 Å². The highest BCUT2D eigenvalue weighted by atomic mass is 16.5. The molecule has 0 aromatic carbocycles. The van der Waals surface area contributed by atoms with E-state index in [1.54, 1.807) is 11.8 Å². The topological polar surface area (TPSA) is 78.9 Å². The molecule has 21 heavy (non-hydrogen) atoms. The van der Waals surface area contributed by atoms with Gasteiger partial charge < -0.3 is 20.1 Å². The smallest absolute Gasteiger partial charge is 0.317 e. The minimum atomic E-state index is -0.294. The van der Waals surface area contributed by atoms with E-state index < -0.39 is 0 Å². The maximum absolute atomic E-state index is 12.3. The average Bonchev–Trinajstić information content (AvgIpc) is 2.48. The Morgan fingerprint density at radius 1 is 1.24 bits per heavy atom. The highest BCUT2D eigenvalue weighted by Gasteiger charge is 2.20. The number of hydrogen-bond acceptors (Lipinski definition) is 4. The van der Waals surface area contributed by atoms with Crippen LogP contribution in [-0.4, -0.2) is 54.4 Å². The number of urea groups is 1. The van der Waals surface area contributed by atoms with Crippen molar-refractivity contribution in [3.05, 3.63) is 0 Å². The lowest BCUT2D eigenvalue weighted by atomic mass is 9.96. The van der Waals surface area contributed by atoms with E-state index in [2.05, 4.69) is 5.32 Å². The van der Waals surface area contributed by atoms with Crippen LogP contribution in [0.15, 0.2) is 0 Å². The zero-order chi connectivity index (χ0) is 15.5. The monoisotopic (exact) mass is 300 g/mol. The Morgan fingerprint density at radius 3 is 2.57 bits per heavy atom. The third kappa shape index (κ3) is 7.32. The summed E-state index contributed by atoms with van der Waals surface area (Å²) in [5.74, 6) is -0.294. The van der Waals surface area contributed by atoms with Crippen molar-refractivity contribution in [3.63, 3.8) is 0 Å². The number of esters is 1. The molecule has 122 valence electrons. The van der Waals surface area contributed by atoms with E-state index in [9.17, 15) is 9.59 Å². The summed E-state index contributed by atoms with van der Waals surface area (Å²) in [6.07, 6.45) is 6.31. The largest absolute Gasteiger partial charge is 0.466 e. The summed E-state index contributed by atoms with van der Waals surface area (Å²) in [5, 5.41) is 12.0. The third-order valence-electron chi connectivity index (χ3n) is 3.70. The van der Waals surface area contributed by atoms with Crippen molar-refractivity contribution in [1.29, 1.82) is 0 Å². The zero-order valence-corrected chi connectivity index (χ0v) is 13.0. The van der Waals surface area contributed by atoms with Crippen molar-refractivity contribution >= 4 is 12.0 Å². The van der Waals surface area contributed by atoms with Crippen LogP contribution in [0.25, 0.3) is 0 Å². The average molecular weight is 300 g/mol. The first kappa shape index (κ1) is 17.8. The van der Waals surface area contributed by atoms with Crippen LogP contribution in [0.3, 0.4) is 0 Å². The minimum absolute atomic E-state index is 0.0343. The number of rotatable bonds is 8. The highest BCUT2D eigenvalue weighted by molar-refractivity contribution is 5.76. The van der Waals surface area contributed by atoms with E-state index in [1.807, 2.05) is 0 Å². The molecule has 0 unspecified atom stereocenters. The van der Waals surface area contributed by atoms with E-state index in [4.69, 9.17) is 9.84 Å².